The van der Waals surface area contributed by atoms with Gasteiger partial charge in [-0.05, 0) is 53.6 Å². The van der Waals surface area contributed by atoms with Gasteiger partial charge < -0.3 is 23.4 Å². The zero-order valence-corrected chi connectivity index (χ0v) is 26.3. The normalized spacial score (nSPS) is 18.0. The summed E-state index contributed by atoms with van der Waals surface area (Å²) < 4.78 is 25.8. The molecule has 218 valence electrons. The molecular formula is C33H40O7Si. The molecule has 0 amide bonds. The number of aliphatic hydroxyl groups is 1. The molecule has 5 rings (SSSR count). The molecule has 1 aliphatic carbocycles. The summed E-state index contributed by atoms with van der Waals surface area (Å²) in [7, 11) is -1.60. The zero-order valence-electron chi connectivity index (χ0n) is 25.3. The standard InChI is InChI=1S/C33H40O7Si/c1-19-15-22-24(17-35)27-26(38-18-20-9-11-21(37-8)12-10-20)14-13-25(36)29(27)31-28(22)30(23(19)16-34)39-41(40-31,32(2,3)4)33(5,6)7/h9-12,15-16,26,35H,13-14,17-18H2,1-8H3/t26-/m0/s1. The quantitative estimate of drug-likeness (QED) is 0.240. The largest absolute Gasteiger partial charge is 0.510 e. The number of methoxy groups -OCH3 is 1. The molecule has 0 saturated carbocycles. The first kappa shape index (κ1) is 29.3. The molecule has 0 fully saturated rings. The number of aliphatic hydroxyl groups excluding tert-OH is 1. The van der Waals surface area contributed by atoms with Crippen molar-refractivity contribution in [1.29, 1.82) is 0 Å². The summed E-state index contributed by atoms with van der Waals surface area (Å²) in [5.41, 5.74) is 3.91. The van der Waals surface area contributed by atoms with E-state index in [0.717, 1.165) is 28.5 Å². The monoisotopic (exact) mass is 576 g/mol. The molecular weight excluding hydrogens is 536 g/mol. The number of carbonyl (C=O) groups is 2. The summed E-state index contributed by atoms with van der Waals surface area (Å²) in [6.07, 6.45) is 1.18. The van der Waals surface area contributed by atoms with Crippen LogP contribution in [-0.2, 0) is 18.0 Å². The van der Waals surface area contributed by atoms with Crippen molar-refractivity contribution in [1.82, 2.24) is 0 Å². The fraction of sp³-hybridized carbons (Fsp3) is 0.455. The maximum absolute atomic E-state index is 13.8. The van der Waals surface area contributed by atoms with Gasteiger partial charge in [0.25, 0.3) is 0 Å². The predicted octanol–water partition coefficient (Wildman–Crippen LogP) is 7.51. The van der Waals surface area contributed by atoms with Crippen molar-refractivity contribution in [2.24, 2.45) is 0 Å². The van der Waals surface area contributed by atoms with E-state index in [1.54, 1.807) is 7.11 Å². The molecule has 0 spiro atoms. The molecule has 0 unspecified atom stereocenters. The number of aldehydes is 1. The summed E-state index contributed by atoms with van der Waals surface area (Å²) in [4.78, 5) is 26.3. The van der Waals surface area contributed by atoms with Gasteiger partial charge in [-0.3, -0.25) is 9.59 Å². The Labute approximate surface area is 243 Å². The van der Waals surface area contributed by atoms with E-state index in [0.29, 0.717) is 52.2 Å². The minimum absolute atomic E-state index is 0.0531. The number of Topliss-reactive ketones (excluding diaryl/α,β-unsaturated/α-hetero) is 1. The van der Waals surface area contributed by atoms with Gasteiger partial charge in [0, 0.05) is 22.1 Å². The summed E-state index contributed by atoms with van der Waals surface area (Å²) in [5.74, 6) is 1.64. The molecule has 3 aromatic carbocycles. The minimum atomic E-state index is -3.23. The maximum atomic E-state index is 13.8. The van der Waals surface area contributed by atoms with E-state index in [9.17, 15) is 14.7 Å². The molecule has 0 bridgehead atoms. The lowest BCUT2D eigenvalue weighted by Crippen LogP contribution is -2.63. The first-order valence-corrected chi connectivity index (χ1v) is 16.0. The van der Waals surface area contributed by atoms with E-state index in [2.05, 4.69) is 41.5 Å². The van der Waals surface area contributed by atoms with Gasteiger partial charge in [0.15, 0.2) is 12.1 Å². The molecule has 0 saturated heterocycles. The third-order valence-electron chi connectivity index (χ3n) is 8.49. The molecule has 2 aliphatic rings. The van der Waals surface area contributed by atoms with Gasteiger partial charge in [-0.2, -0.15) is 0 Å². The number of fused-ring (bicyclic) bond motifs is 2. The maximum Gasteiger partial charge on any atom is 0.471 e. The second kappa shape index (κ2) is 10.3. The molecule has 0 radical (unpaired) electrons. The highest BCUT2D eigenvalue weighted by atomic mass is 28.4. The van der Waals surface area contributed by atoms with Crippen molar-refractivity contribution >= 4 is 31.4 Å². The molecule has 0 aromatic heterocycles. The topological polar surface area (TPSA) is 91.3 Å². The van der Waals surface area contributed by atoms with E-state index in [4.69, 9.17) is 18.3 Å². The predicted molar refractivity (Wildman–Crippen MR) is 161 cm³/mol. The van der Waals surface area contributed by atoms with Crippen LogP contribution in [0.1, 0.15) is 103 Å². The molecule has 7 nitrogen and oxygen atoms in total. The van der Waals surface area contributed by atoms with Crippen LogP contribution >= 0.6 is 0 Å². The van der Waals surface area contributed by atoms with E-state index in [1.165, 1.54) is 0 Å². The third-order valence-corrected chi connectivity index (χ3v) is 13.4. The second-order valence-electron chi connectivity index (χ2n) is 13.2. The van der Waals surface area contributed by atoms with E-state index in [-0.39, 0.29) is 18.8 Å². The van der Waals surface area contributed by atoms with Crippen LogP contribution in [0.25, 0.3) is 10.8 Å². The Hall–Kier alpha value is -3.20. The number of rotatable bonds is 6. The molecule has 1 atom stereocenters. The lowest BCUT2D eigenvalue weighted by atomic mass is 9.81. The fourth-order valence-electron chi connectivity index (χ4n) is 6.63. The van der Waals surface area contributed by atoms with E-state index >= 15 is 0 Å². The van der Waals surface area contributed by atoms with Gasteiger partial charge in [0.1, 0.15) is 17.2 Å². The lowest BCUT2D eigenvalue weighted by Gasteiger charge is -2.51. The number of hydrogen-bond acceptors (Lipinski definition) is 7. The Morgan fingerprint density at radius 1 is 1.05 bits per heavy atom. The van der Waals surface area contributed by atoms with Crippen LogP contribution in [0, 0.1) is 6.92 Å². The number of aryl methyl sites for hydroxylation is 1. The highest BCUT2D eigenvalue weighted by Crippen LogP contribution is 2.60. The Kier molecular flexibility index (Phi) is 7.33. The first-order chi connectivity index (χ1) is 19.3. The van der Waals surface area contributed by atoms with Gasteiger partial charge in [-0.1, -0.05) is 53.7 Å². The fourth-order valence-corrected chi connectivity index (χ4v) is 11.1. The number of ether oxygens (including phenoxy) is 2. The van der Waals surface area contributed by atoms with Crippen LogP contribution in [0.15, 0.2) is 30.3 Å². The Morgan fingerprint density at radius 2 is 1.68 bits per heavy atom. The van der Waals surface area contributed by atoms with Crippen molar-refractivity contribution in [2.75, 3.05) is 7.11 Å². The van der Waals surface area contributed by atoms with Crippen LogP contribution in [0.5, 0.6) is 17.2 Å². The lowest BCUT2D eigenvalue weighted by molar-refractivity contribution is 0.0264. The van der Waals surface area contributed by atoms with Crippen molar-refractivity contribution in [2.45, 2.75) is 90.7 Å². The average Bonchev–Trinajstić information content (AvgIpc) is 2.91. The van der Waals surface area contributed by atoms with Crippen LogP contribution in [-0.4, -0.2) is 32.8 Å². The molecule has 1 heterocycles. The van der Waals surface area contributed by atoms with Crippen LogP contribution in [0.4, 0.5) is 0 Å². The van der Waals surface area contributed by atoms with Crippen molar-refractivity contribution < 1.29 is 33.0 Å². The van der Waals surface area contributed by atoms with Crippen molar-refractivity contribution in [3.8, 4) is 17.2 Å². The molecule has 1 aliphatic heterocycles. The average molecular weight is 577 g/mol. The highest BCUT2D eigenvalue weighted by molar-refractivity contribution is 6.75. The Bertz CT molecular complexity index is 1510. The van der Waals surface area contributed by atoms with Gasteiger partial charge in [0.2, 0.25) is 0 Å². The van der Waals surface area contributed by atoms with Gasteiger partial charge in [-0.15, -0.1) is 0 Å². The van der Waals surface area contributed by atoms with Crippen molar-refractivity contribution in [3.05, 3.63) is 63.7 Å². The number of ketones is 1. The summed E-state index contributed by atoms with van der Waals surface area (Å²) in [5, 5.41) is 11.2. The molecule has 1 N–H and O–H groups in total. The Balaban J connectivity index is 1.78. The smallest absolute Gasteiger partial charge is 0.471 e. The summed E-state index contributed by atoms with van der Waals surface area (Å²) in [6, 6.07) is 9.58. The Morgan fingerprint density at radius 3 is 2.24 bits per heavy atom. The number of hydrogen-bond donors (Lipinski definition) is 1. The van der Waals surface area contributed by atoms with Gasteiger partial charge in [0.05, 0.1) is 42.9 Å². The van der Waals surface area contributed by atoms with E-state index < -0.39 is 24.7 Å². The summed E-state index contributed by atoms with van der Waals surface area (Å²) >= 11 is 0. The van der Waals surface area contributed by atoms with Crippen LogP contribution in [0.2, 0.25) is 10.1 Å². The summed E-state index contributed by atoms with van der Waals surface area (Å²) in [6.45, 7) is 14.5. The minimum Gasteiger partial charge on any atom is -0.510 e. The van der Waals surface area contributed by atoms with E-state index in [1.807, 2.05) is 37.3 Å². The molecule has 8 heteroatoms. The van der Waals surface area contributed by atoms with Crippen molar-refractivity contribution in [3.63, 3.8) is 0 Å². The van der Waals surface area contributed by atoms with Gasteiger partial charge in [-0.25, -0.2) is 0 Å². The molecule has 3 aromatic rings. The number of benzene rings is 3. The third kappa shape index (κ3) is 4.56. The van der Waals surface area contributed by atoms with Gasteiger partial charge >= 0.3 is 8.56 Å². The van der Waals surface area contributed by atoms with Crippen LogP contribution in [0.3, 0.4) is 0 Å². The highest BCUT2D eigenvalue weighted by Gasteiger charge is 2.64. The first-order valence-electron chi connectivity index (χ1n) is 14.2. The number of carbonyl (C=O) groups excluding carboxylic acids is 2. The molecule has 41 heavy (non-hydrogen) atoms. The SMILES string of the molecule is COc1ccc(CO[C@H]2CCC(=O)c3c2c(CO)c2cc(C)c(C=O)c4c2c3O[Si](C(C)(C)C)(C(C)(C)C)O4)cc1. The van der Waals surface area contributed by atoms with Crippen LogP contribution < -0.4 is 13.6 Å². The zero-order chi connectivity index (χ0) is 29.9. The second-order valence-corrected chi connectivity index (χ2v) is 17.8.